The van der Waals surface area contributed by atoms with Gasteiger partial charge in [-0.15, -0.1) is 0 Å². The first-order valence-corrected chi connectivity index (χ1v) is 9.63. The Morgan fingerprint density at radius 3 is 2.85 bits per heavy atom. The maximum Gasteiger partial charge on any atom is 0.250 e. The molecule has 146 valence electrons. The minimum Gasteiger partial charge on any atom is -0.350 e. The third-order valence-electron chi connectivity index (χ3n) is 4.85. The summed E-state index contributed by atoms with van der Waals surface area (Å²) in [6, 6.07) is 7.20. The minimum absolute atomic E-state index is 0.0717. The maximum atomic E-state index is 12.2. The van der Waals surface area contributed by atoms with E-state index in [1.54, 1.807) is 10.6 Å². The molecule has 1 aliphatic heterocycles. The van der Waals surface area contributed by atoms with Crippen LogP contribution in [0.5, 0.6) is 0 Å². The maximum absolute atomic E-state index is 12.2. The van der Waals surface area contributed by atoms with E-state index in [4.69, 9.17) is 0 Å². The zero-order chi connectivity index (χ0) is 19.4. The summed E-state index contributed by atoms with van der Waals surface area (Å²) in [5, 5.41) is 7.52. The number of aromatic nitrogens is 3. The number of pyridine rings is 1. The van der Waals surface area contributed by atoms with Crippen molar-refractivity contribution >= 4 is 5.91 Å². The van der Waals surface area contributed by atoms with Gasteiger partial charge in [0.1, 0.15) is 0 Å². The third kappa shape index (κ3) is 5.07. The van der Waals surface area contributed by atoms with Crippen LogP contribution in [0.4, 0.5) is 0 Å². The zero-order valence-corrected chi connectivity index (χ0v) is 16.4. The normalized spacial score (nSPS) is 14.4. The van der Waals surface area contributed by atoms with Gasteiger partial charge in [0.25, 0.3) is 5.56 Å². The molecule has 1 amide bonds. The fourth-order valence-corrected chi connectivity index (χ4v) is 3.54. The first-order valence-electron chi connectivity index (χ1n) is 9.63. The van der Waals surface area contributed by atoms with Gasteiger partial charge in [0.15, 0.2) is 0 Å². The topological polar surface area (TPSA) is 72.2 Å². The molecular weight excluding hydrogens is 342 g/mol. The lowest BCUT2D eigenvalue weighted by atomic mass is 10.2. The Balaban J connectivity index is 1.50. The summed E-state index contributed by atoms with van der Waals surface area (Å²) in [5.41, 5.74) is 2.88. The lowest BCUT2D eigenvalue weighted by molar-refractivity contribution is -0.121. The molecule has 2 aromatic heterocycles. The van der Waals surface area contributed by atoms with Crippen molar-refractivity contribution in [1.82, 2.24) is 24.6 Å². The Kier molecular flexibility index (Phi) is 6.11. The molecule has 0 atom stereocenters. The number of carbonyl (C=O) groups excluding carboxylic acids is 1. The monoisotopic (exact) mass is 371 g/mol. The number of rotatable bonds is 7. The van der Waals surface area contributed by atoms with Crippen molar-refractivity contribution < 1.29 is 4.79 Å². The number of fused-ring (bicyclic) bond motifs is 1. The first kappa shape index (κ1) is 19.4. The van der Waals surface area contributed by atoms with Gasteiger partial charge in [-0.3, -0.25) is 19.2 Å². The van der Waals surface area contributed by atoms with Crippen LogP contribution in [-0.2, 0) is 31.0 Å². The molecule has 1 N–H and O–H groups in total. The Hall–Kier alpha value is -2.41. The highest BCUT2D eigenvalue weighted by Crippen LogP contribution is 2.15. The van der Waals surface area contributed by atoms with Crippen molar-refractivity contribution in [3.63, 3.8) is 0 Å². The van der Waals surface area contributed by atoms with Crippen molar-refractivity contribution in [3.8, 4) is 0 Å². The van der Waals surface area contributed by atoms with Crippen molar-refractivity contribution in [2.24, 2.45) is 5.92 Å². The lowest BCUT2D eigenvalue weighted by Gasteiger charge is -2.28. The molecular formula is C20H29N5O2. The highest BCUT2D eigenvalue weighted by atomic mass is 16.1. The van der Waals surface area contributed by atoms with E-state index in [1.165, 1.54) is 11.8 Å². The quantitative estimate of drug-likeness (QED) is 0.801. The number of carbonyl (C=O) groups is 1. The van der Waals surface area contributed by atoms with Crippen LogP contribution < -0.4 is 10.9 Å². The van der Waals surface area contributed by atoms with Crippen molar-refractivity contribution in [1.29, 1.82) is 0 Å². The molecule has 0 radical (unpaired) electrons. The molecule has 0 saturated carbocycles. The van der Waals surface area contributed by atoms with E-state index < -0.39 is 0 Å². The highest BCUT2D eigenvalue weighted by molar-refractivity contribution is 5.75. The molecule has 3 rings (SSSR count). The molecule has 1 aliphatic rings. The van der Waals surface area contributed by atoms with Crippen LogP contribution in [0.25, 0.3) is 0 Å². The standard InChI is InChI=1S/C20H29N5O2/c1-15(2)13-23-9-10-25-18(14-23)11-17(22-25)12-21-19(26)7-8-24-16(3)5-4-6-20(24)27/h4-6,11,15H,7-10,12-14H2,1-3H3,(H,21,26). The van der Waals surface area contributed by atoms with E-state index in [-0.39, 0.29) is 17.9 Å². The number of nitrogens with zero attached hydrogens (tertiary/aromatic N) is 4. The largest absolute Gasteiger partial charge is 0.350 e. The molecule has 0 spiro atoms. The van der Waals surface area contributed by atoms with Crippen molar-refractivity contribution in [2.75, 3.05) is 13.1 Å². The number of nitrogens with one attached hydrogen (secondary N) is 1. The zero-order valence-electron chi connectivity index (χ0n) is 16.4. The predicted octanol–water partition coefficient (Wildman–Crippen LogP) is 1.53. The van der Waals surface area contributed by atoms with Gasteiger partial charge in [0, 0.05) is 44.4 Å². The van der Waals surface area contributed by atoms with Gasteiger partial charge in [-0.25, -0.2) is 0 Å². The SMILES string of the molecule is Cc1cccc(=O)n1CCC(=O)NCc1cc2n(n1)CCN(CC(C)C)C2. The van der Waals surface area contributed by atoms with Gasteiger partial charge < -0.3 is 9.88 Å². The van der Waals surface area contributed by atoms with E-state index in [9.17, 15) is 9.59 Å². The number of amides is 1. The summed E-state index contributed by atoms with van der Waals surface area (Å²) < 4.78 is 3.67. The molecule has 3 heterocycles. The Labute approximate surface area is 160 Å². The number of hydrogen-bond acceptors (Lipinski definition) is 4. The van der Waals surface area contributed by atoms with E-state index in [0.717, 1.165) is 37.6 Å². The van der Waals surface area contributed by atoms with E-state index in [0.29, 0.717) is 19.0 Å². The smallest absolute Gasteiger partial charge is 0.250 e. The number of hydrogen-bond donors (Lipinski definition) is 1. The van der Waals surface area contributed by atoms with Crippen LogP contribution in [0, 0.1) is 12.8 Å². The molecule has 0 unspecified atom stereocenters. The van der Waals surface area contributed by atoms with Crippen LogP contribution >= 0.6 is 0 Å². The second kappa shape index (κ2) is 8.52. The van der Waals surface area contributed by atoms with Crippen molar-refractivity contribution in [2.45, 2.75) is 53.4 Å². The van der Waals surface area contributed by atoms with Gasteiger partial charge in [0.05, 0.1) is 24.5 Å². The molecule has 0 fully saturated rings. The second-order valence-corrected chi connectivity index (χ2v) is 7.66. The van der Waals surface area contributed by atoms with Crippen LogP contribution in [0.1, 0.15) is 37.4 Å². The summed E-state index contributed by atoms with van der Waals surface area (Å²) in [5.74, 6) is 0.580. The Morgan fingerprint density at radius 1 is 1.30 bits per heavy atom. The van der Waals surface area contributed by atoms with Crippen LogP contribution in [-0.4, -0.2) is 38.2 Å². The van der Waals surface area contributed by atoms with Gasteiger partial charge in [0.2, 0.25) is 5.91 Å². The summed E-state index contributed by atoms with van der Waals surface area (Å²) >= 11 is 0. The lowest BCUT2D eigenvalue weighted by Crippen LogP contribution is -2.36. The molecule has 7 heteroatoms. The first-order chi connectivity index (χ1) is 12.9. The Bertz CT molecular complexity index is 852. The van der Waals surface area contributed by atoms with E-state index in [1.807, 2.05) is 17.7 Å². The fraction of sp³-hybridized carbons (Fsp3) is 0.550. The van der Waals surface area contributed by atoms with E-state index in [2.05, 4.69) is 35.2 Å². The van der Waals surface area contributed by atoms with Gasteiger partial charge in [-0.05, 0) is 25.0 Å². The van der Waals surface area contributed by atoms with Gasteiger partial charge >= 0.3 is 0 Å². The molecule has 7 nitrogen and oxygen atoms in total. The van der Waals surface area contributed by atoms with Crippen LogP contribution in [0.2, 0.25) is 0 Å². The molecule has 0 bridgehead atoms. The predicted molar refractivity (Wildman–Crippen MR) is 104 cm³/mol. The molecule has 0 aliphatic carbocycles. The highest BCUT2D eigenvalue weighted by Gasteiger charge is 2.19. The second-order valence-electron chi connectivity index (χ2n) is 7.66. The average Bonchev–Trinajstić information content (AvgIpc) is 3.01. The summed E-state index contributed by atoms with van der Waals surface area (Å²) in [6.07, 6.45) is 0.278. The summed E-state index contributed by atoms with van der Waals surface area (Å²) in [7, 11) is 0. The van der Waals surface area contributed by atoms with Crippen LogP contribution in [0.15, 0.2) is 29.1 Å². The summed E-state index contributed by atoms with van der Waals surface area (Å²) in [4.78, 5) is 26.5. The molecule has 2 aromatic rings. The Morgan fingerprint density at radius 2 is 2.11 bits per heavy atom. The molecule has 27 heavy (non-hydrogen) atoms. The minimum atomic E-state index is -0.0736. The average molecular weight is 371 g/mol. The van der Waals surface area contributed by atoms with Crippen LogP contribution in [0.3, 0.4) is 0 Å². The third-order valence-corrected chi connectivity index (χ3v) is 4.85. The molecule has 0 aromatic carbocycles. The van der Waals surface area contributed by atoms with Gasteiger partial charge in [-0.2, -0.15) is 5.10 Å². The summed E-state index contributed by atoms with van der Waals surface area (Å²) in [6.45, 7) is 11.1. The van der Waals surface area contributed by atoms with Gasteiger partial charge in [-0.1, -0.05) is 19.9 Å². The molecule has 0 saturated heterocycles. The van der Waals surface area contributed by atoms with E-state index >= 15 is 0 Å². The number of aryl methyl sites for hydroxylation is 1. The van der Waals surface area contributed by atoms with Crippen molar-refractivity contribution in [3.05, 3.63) is 51.7 Å². The fourth-order valence-electron chi connectivity index (χ4n) is 3.54.